The number of carbonyl (C=O) groups is 4. The third-order valence-corrected chi connectivity index (χ3v) is 8.72. The second-order valence-corrected chi connectivity index (χ2v) is 13.0. The summed E-state index contributed by atoms with van der Waals surface area (Å²) in [5.41, 5.74) is 1.40. The molecule has 4 rings (SSSR count). The van der Waals surface area contributed by atoms with E-state index in [9.17, 15) is 23.6 Å². The van der Waals surface area contributed by atoms with E-state index in [1.807, 2.05) is 58.0 Å². The summed E-state index contributed by atoms with van der Waals surface area (Å²) >= 11 is 0. The van der Waals surface area contributed by atoms with Crippen molar-refractivity contribution < 1.29 is 28.3 Å². The first kappa shape index (κ1) is 35.1. The number of halogens is 1. The van der Waals surface area contributed by atoms with Crippen LogP contribution in [0.1, 0.15) is 62.0 Å². The Kier molecular flexibility index (Phi) is 11.7. The third kappa shape index (κ3) is 9.40. The molecule has 0 saturated heterocycles. The van der Waals surface area contributed by atoms with Crippen LogP contribution in [-0.4, -0.2) is 66.9 Å². The van der Waals surface area contributed by atoms with Crippen LogP contribution in [0.15, 0.2) is 78.9 Å². The molecular formula is C37H45FN4O5. The summed E-state index contributed by atoms with van der Waals surface area (Å²) in [5.74, 6) is -1.71. The van der Waals surface area contributed by atoms with Crippen LogP contribution in [0.4, 0.5) is 4.39 Å². The minimum Gasteiger partial charge on any atom is -0.491 e. The lowest BCUT2D eigenvalue weighted by Crippen LogP contribution is -2.54. The van der Waals surface area contributed by atoms with Crippen LogP contribution in [-0.2, 0) is 26.2 Å². The first-order valence-corrected chi connectivity index (χ1v) is 16.0. The third-order valence-electron chi connectivity index (χ3n) is 8.72. The van der Waals surface area contributed by atoms with Gasteiger partial charge in [0.2, 0.25) is 17.7 Å². The number of nitrogens with zero attached hydrogens (tertiary/aromatic N) is 1. The van der Waals surface area contributed by atoms with Gasteiger partial charge in [-0.3, -0.25) is 19.2 Å². The van der Waals surface area contributed by atoms with Gasteiger partial charge in [0, 0.05) is 31.8 Å². The number of fused-ring (bicyclic) bond motifs is 1. The maximum Gasteiger partial charge on any atom is 0.255 e. The number of hydrogen-bond donors (Lipinski definition) is 3. The summed E-state index contributed by atoms with van der Waals surface area (Å²) in [4.78, 5) is 56.1. The summed E-state index contributed by atoms with van der Waals surface area (Å²) in [5, 5.41) is 8.82. The smallest absolute Gasteiger partial charge is 0.255 e. The maximum absolute atomic E-state index is 13.8. The zero-order valence-electron chi connectivity index (χ0n) is 27.7. The van der Waals surface area contributed by atoms with Crippen LogP contribution in [0.25, 0.3) is 0 Å². The Morgan fingerprint density at radius 3 is 2.32 bits per heavy atom. The van der Waals surface area contributed by atoms with Gasteiger partial charge >= 0.3 is 0 Å². The molecule has 250 valence electrons. The van der Waals surface area contributed by atoms with E-state index in [0.29, 0.717) is 12.2 Å². The first-order valence-electron chi connectivity index (χ1n) is 16.0. The number of likely N-dealkylation sites (N-methyl/N-ethyl adjacent to an activating group) is 1. The maximum atomic E-state index is 13.8. The average molecular weight is 645 g/mol. The molecule has 3 atom stereocenters. The number of amides is 4. The molecule has 0 radical (unpaired) electrons. The average Bonchev–Trinajstić information content (AvgIpc) is 3.06. The zero-order valence-corrected chi connectivity index (χ0v) is 27.7. The van der Waals surface area contributed by atoms with Crippen LogP contribution in [0.2, 0.25) is 0 Å². The molecule has 0 spiro atoms. The van der Waals surface area contributed by atoms with Gasteiger partial charge in [-0.1, -0.05) is 82.3 Å². The Morgan fingerprint density at radius 2 is 1.64 bits per heavy atom. The predicted octanol–water partition coefficient (Wildman–Crippen LogP) is 4.40. The summed E-state index contributed by atoms with van der Waals surface area (Å²) < 4.78 is 19.6. The van der Waals surface area contributed by atoms with Gasteiger partial charge in [0.15, 0.2) is 0 Å². The lowest BCUT2D eigenvalue weighted by molar-refractivity contribution is -0.139. The molecule has 10 heteroatoms. The molecule has 0 saturated carbocycles. The number of carbonyl (C=O) groups excluding carboxylic acids is 4. The Labute approximate surface area is 276 Å². The van der Waals surface area contributed by atoms with E-state index in [2.05, 4.69) is 16.0 Å². The standard InChI is InChI=1S/C37H45FN4O5/c1-24(2)30-22-47-32-14-10-9-13-28(32)34(44)40-29(35(45)39-23-37(3,4)26-15-17-27(38)18-16-26)19-20-33(43)42(5)31(36(46)41-30)21-25-11-7-6-8-12-25/h6-18,24,29-31H,19-23H2,1-5H3,(H,39,45)(H,40,44)(H,41,46)/t29-,30-,31-/m0/s1. The second kappa shape index (κ2) is 15.7. The molecule has 0 bridgehead atoms. The number of ether oxygens (including phenoxy) is 1. The van der Waals surface area contributed by atoms with Crippen LogP contribution in [0.5, 0.6) is 5.75 Å². The zero-order chi connectivity index (χ0) is 34.1. The van der Waals surface area contributed by atoms with E-state index in [4.69, 9.17) is 4.74 Å². The van der Waals surface area contributed by atoms with E-state index < -0.39 is 35.4 Å². The van der Waals surface area contributed by atoms with Gasteiger partial charge in [-0.2, -0.15) is 0 Å². The molecule has 0 aliphatic carbocycles. The van der Waals surface area contributed by atoms with Crippen molar-refractivity contribution in [1.82, 2.24) is 20.9 Å². The molecule has 0 unspecified atom stereocenters. The summed E-state index contributed by atoms with van der Waals surface area (Å²) in [6.45, 7) is 8.05. The topological polar surface area (TPSA) is 117 Å². The van der Waals surface area contributed by atoms with Crippen molar-refractivity contribution in [2.24, 2.45) is 5.92 Å². The molecule has 47 heavy (non-hydrogen) atoms. The van der Waals surface area contributed by atoms with Crippen LogP contribution >= 0.6 is 0 Å². The van der Waals surface area contributed by atoms with Gasteiger partial charge in [-0.05, 0) is 47.7 Å². The van der Waals surface area contributed by atoms with Crippen molar-refractivity contribution in [2.45, 2.75) is 70.5 Å². The monoisotopic (exact) mass is 644 g/mol. The summed E-state index contributed by atoms with van der Waals surface area (Å²) in [6, 6.07) is 20.0. The Morgan fingerprint density at radius 1 is 0.979 bits per heavy atom. The quantitative estimate of drug-likeness (QED) is 0.353. The number of nitrogens with one attached hydrogen (secondary N) is 3. The minimum absolute atomic E-state index is 0.00492. The Bertz CT molecular complexity index is 1540. The molecule has 0 aromatic heterocycles. The number of benzene rings is 3. The summed E-state index contributed by atoms with van der Waals surface area (Å²) in [7, 11) is 1.59. The van der Waals surface area contributed by atoms with Gasteiger partial charge in [-0.25, -0.2) is 4.39 Å². The molecule has 1 heterocycles. The molecule has 9 nitrogen and oxygen atoms in total. The summed E-state index contributed by atoms with van der Waals surface area (Å²) in [6.07, 6.45) is 0.193. The number of hydrogen-bond acceptors (Lipinski definition) is 5. The first-order chi connectivity index (χ1) is 22.4. The van der Waals surface area contributed by atoms with Gasteiger partial charge in [-0.15, -0.1) is 0 Å². The van der Waals surface area contributed by atoms with Crippen LogP contribution in [0, 0.1) is 11.7 Å². The molecule has 1 aliphatic rings. The molecule has 1 aliphatic heterocycles. The van der Waals surface area contributed by atoms with E-state index in [1.54, 1.807) is 43.4 Å². The van der Waals surface area contributed by atoms with Crippen molar-refractivity contribution in [3.63, 3.8) is 0 Å². The van der Waals surface area contributed by atoms with E-state index in [-0.39, 0.29) is 55.1 Å². The fraction of sp³-hybridized carbons (Fsp3) is 0.405. The van der Waals surface area contributed by atoms with Gasteiger partial charge in [0.05, 0.1) is 11.6 Å². The Hall–Kier alpha value is -4.73. The lowest BCUT2D eigenvalue weighted by atomic mass is 9.84. The fourth-order valence-corrected chi connectivity index (χ4v) is 5.44. The van der Waals surface area contributed by atoms with Gasteiger partial charge < -0.3 is 25.6 Å². The largest absolute Gasteiger partial charge is 0.491 e. The molecule has 4 amide bonds. The molecular weight excluding hydrogens is 599 g/mol. The highest BCUT2D eigenvalue weighted by Gasteiger charge is 2.32. The molecule has 3 aromatic rings. The van der Waals surface area contributed by atoms with Gasteiger partial charge in [0.1, 0.15) is 30.3 Å². The van der Waals surface area contributed by atoms with Crippen molar-refractivity contribution >= 4 is 23.6 Å². The molecule has 0 fully saturated rings. The fourth-order valence-electron chi connectivity index (χ4n) is 5.44. The van der Waals surface area contributed by atoms with Crippen molar-refractivity contribution in [3.05, 3.63) is 101 Å². The number of rotatable bonds is 7. The predicted molar refractivity (Wildman–Crippen MR) is 178 cm³/mol. The molecule has 3 aromatic carbocycles. The Balaban J connectivity index is 1.63. The van der Waals surface area contributed by atoms with Crippen LogP contribution < -0.4 is 20.7 Å². The van der Waals surface area contributed by atoms with Crippen molar-refractivity contribution in [2.75, 3.05) is 20.2 Å². The van der Waals surface area contributed by atoms with Crippen molar-refractivity contribution in [3.8, 4) is 5.75 Å². The van der Waals surface area contributed by atoms with Crippen molar-refractivity contribution in [1.29, 1.82) is 0 Å². The minimum atomic E-state index is -1.06. The highest BCUT2D eigenvalue weighted by Crippen LogP contribution is 2.23. The SMILES string of the molecule is CC(C)[C@@H]1COc2ccccc2C(=O)N[C@H](C(=O)NCC(C)(C)c2ccc(F)cc2)CCC(=O)N(C)[C@@H](Cc2ccccc2)C(=O)N1. The number of para-hydroxylation sites is 1. The van der Waals surface area contributed by atoms with Gasteiger partial charge in [0.25, 0.3) is 5.91 Å². The van der Waals surface area contributed by atoms with E-state index in [1.165, 1.54) is 17.0 Å². The highest BCUT2D eigenvalue weighted by atomic mass is 19.1. The van der Waals surface area contributed by atoms with E-state index >= 15 is 0 Å². The molecule has 3 N–H and O–H groups in total. The highest BCUT2D eigenvalue weighted by molar-refractivity contribution is 6.00. The van der Waals surface area contributed by atoms with Crippen LogP contribution in [0.3, 0.4) is 0 Å². The van der Waals surface area contributed by atoms with E-state index in [0.717, 1.165) is 11.1 Å². The lowest BCUT2D eigenvalue weighted by Gasteiger charge is -2.31. The normalized spacial score (nSPS) is 19.9. The second-order valence-electron chi connectivity index (χ2n) is 13.0.